The zero-order valence-corrected chi connectivity index (χ0v) is 38.3. The number of unbranched alkanes of at least 4 members (excludes halogenated alkanes) is 3. The van der Waals surface area contributed by atoms with E-state index in [1.807, 2.05) is 24.3 Å². The maximum absolute atomic E-state index is 11.4. The first-order valence-electron chi connectivity index (χ1n) is 20.8. The minimum absolute atomic E-state index is 0. The summed E-state index contributed by atoms with van der Waals surface area (Å²) in [6, 6.07) is 47.1. The normalized spacial score (nSPS) is 9.77. The molecule has 0 aliphatic rings. The second kappa shape index (κ2) is 30.4. The molecule has 0 saturated heterocycles. The highest BCUT2D eigenvalue weighted by atomic mass is 79.9. The first-order valence-corrected chi connectivity index (χ1v) is 21.6. The number of methoxy groups -OCH3 is 1. The van der Waals surface area contributed by atoms with Crippen molar-refractivity contribution < 1.29 is 35.2 Å². The summed E-state index contributed by atoms with van der Waals surface area (Å²) < 4.78 is 5.86. The van der Waals surface area contributed by atoms with E-state index in [0.29, 0.717) is 22.2 Å². The molecule has 0 saturated carbocycles. The van der Waals surface area contributed by atoms with Gasteiger partial charge in [0.25, 0.3) is 0 Å². The lowest BCUT2D eigenvalue weighted by molar-refractivity contribution is 0.0599. The van der Waals surface area contributed by atoms with Gasteiger partial charge in [0.1, 0.15) is 7.85 Å². The number of aryl methyl sites for hydroxylation is 3. The number of halogens is 1. The summed E-state index contributed by atoms with van der Waals surface area (Å²) in [4.78, 5) is 32.9. The number of carbonyl (C=O) groups is 3. The van der Waals surface area contributed by atoms with Crippen LogP contribution in [0.5, 0.6) is 0 Å². The largest absolute Gasteiger partial charge is 0.478 e. The molecule has 6 rings (SSSR count). The van der Waals surface area contributed by atoms with Gasteiger partial charge in [0.2, 0.25) is 0 Å². The van der Waals surface area contributed by atoms with E-state index in [0.717, 1.165) is 34.0 Å². The molecule has 0 fully saturated rings. The highest BCUT2D eigenvalue weighted by Crippen LogP contribution is 2.23. The van der Waals surface area contributed by atoms with E-state index in [-0.39, 0.29) is 22.7 Å². The number of hydrogen-bond donors (Lipinski definition) is 1. The number of ketones is 1. The summed E-state index contributed by atoms with van der Waals surface area (Å²) >= 11 is 3.41. The van der Waals surface area contributed by atoms with Gasteiger partial charge in [-0.15, -0.1) is 0 Å². The first kappa shape index (κ1) is 54.4. The monoisotopic (exact) mass is 900 g/mol. The van der Waals surface area contributed by atoms with Crippen LogP contribution in [0.1, 0.15) is 114 Å². The fourth-order valence-electron chi connectivity index (χ4n) is 5.96. The number of Topliss-reactive ketones (excluding diaryl/α,β-unsaturated/α-hetero) is 1. The van der Waals surface area contributed by atoms with Crippen LogP contribution in [-0.4, -0.2) is 48.7 Å². The molecule has 0 amide bonds. The maximum Gasteiger partial charge on any atom is 0.337 e. The topological polar surface area (TPSA) is 144 Å². The lowest BCUT2D eigenvalue weighted by Gasteiger charge is -2.05. The van der Waals surface area contributed by atoms with E-state index in [9.17, 15) is 14.4 Å². The molecule has 326 valence electrons. The van der Waals surface area contributed by atoms with Crippen molar-refractivity contribution in [3.8, 4) is 22.3 Å². The van der Waals surface area contributed by atoms with E-state index in [1.54, 1.807) is 48.5 Å². The standard InChI is InChI=1S/C18H20O2.C17H18O2.C10H13Br.C8H7BO.2H2O/c1-3-4-5-14-6-8-15(9-7-14)16-10-12-17(13-11-16)18(19)20-2;1-2-3-4-13-5-7-14(8-6-13)15-9-11-16(12-10-15)17(18)19;1-2-3-4-9-5-7-10(11)8-6-9;1-6(10)7-2-4-8(9)5-3-7;;/h6-13H,3-5H2,1-2H3;5-12H,2-4H2,1H3,(H,18,19);5-8H,2-4H2,1H3;2-5H,1H3;2*1H2. The van der Waals surface area contributed by atoms with Gasteiger partial charge in [0.15, 0.2) is 5.78 Å². The van der Waals surface area contributed by atoms with Crippen LogP contribution in [0.3, 0.4) is 0 Å². The summed E-state index contributed by atoms with van der Waals surface area (Å²) in [6.45, 7) is 8.15. The summed E-state index contributed by atoms with van der Waals surface area (Å²) in [5, 5.41) is 8.87. The van der Waals surface area contributed by atoms with Crippen molar-refractivity contribution in [1.29, 1.82) is 0 Å². The Balaban J connectivity index is 0.000000426. The summed E-state index contributed by atoms with van der Waals surface area (Å²) in [7, 11) is 6.81. The van der Waals surface area contributed by atoms with Crippen molar-refractivity contribution in [3.63, 3.8) is 0 Å². The van der Waals surface area contributed by atoms with Gasteiger partial charge in [-0.1, -0.05) is 171 Å². The SMILES string of the molecule is CCCCc1ccc(-c2ccc(C(=O)O)cc2)cc1.CCCCc1ccc(-c2ccc(C(=O)OC)cc2)cc1.CCCCc1ccc(Br)cc1.O.O.[B]c1ccc(C(C)=O)cc1. The van der Waals surface area contributed by atoms with Gasteiger partial charge >= 0.3 is 11.9 Å². The van der Waals surface area contributed by atoms with Crippen LogP contribution >= 0.6 is 15.9 Å². The van der Waals surface area contributed by atoms with E-state index in [2.05, 4.69) is 109 Å². The van der Waals surface area contributed by atoms with E-state index in [1.165, 1.54) is 81.2 Å². The quantitative estimate of drug-likeness (QED) is 0.0657. The number of esters is 1. The molecule has 2 radical (unpaired) electrons. The van der Waals surface area contributed by atoms with Gasteiger partial charge in [-0.3, -0.25) is 4.79 Å². The van der Waals surface area contributed by atoms with E-state index < -0.39 is 5.97 Å². The van der Waals surface area contributed by atoms with Crippen molar-refractivity contribution in [2.24, 2.45) is 0 Å². The molecule has 0 atom stereocenters. The van der Waals surface area contributed by atoms with Gasteiger partial charge in [0.05, 0.1) is 18.2 Å². The minimum atomic E-state index is -0.888. The number of carboxylic acids is 1. The van der Waals surface area contributed by atoms with Crippen LogP contribution in [0.4, 0.5) is 0 Å². The molecule has 62 heavy (non-hydrogen) atoms. The summed E-state index contributed by atoms with van der Waals surface area (Å²) in [6.07, 6.45) is 10.9. The molecule has 6 aromatic carbocycles. The second-order valence-electron chi connectivity index (χ2n) is 14.5. The second-order valence-corrected chi connectivity index (χ2v) is 15.4. The van der Waals surface area contributed by atoms with Crippen LogP contribution in [-0.2, 0) is 24.0 Å². The minimum Gasteiger partial charge on any atom is -0.478 e. The molecular weight excluding hydrogens is 839 g/mol. The zero-order chi connectivity index (χ0) is 43.7. The Morgan fingerprint density at radius 3 is 1.11 bits per heavy atom. The number of rotatable bonds is 14. The molecule has 9 heteroatoms. The summed E-state index contributed by atoms with van der Waals surface area (Å²) in [5.74, 6) is -1.12. The molecule has 0 aliphatic heterocycles. The van der Waals surface area contributed by atoms with Crippen LogP contribution in [0.2, 0.25) is 0 Å². The van der Waals surface area contributed by atoms with Gasteiger partial charge in [-0.25, -0.2) is 9.59 Å². The Kier molecular flexibility index (Phi) is 26.7. The third-order valence-corrected chi connectivity index (χ3v) is 10.2. The zero-order valence-electron chi connectivity index (χ0n) is 36.8. The van der Waals surface area contributed by atoms with Gasteiger partial charge in [-0.2, -0.15) is 0 Å². The number of benzene rings is 6. The Hall–Kier alpha value is -5.61. The van der Waals surface area contributed by atoms with E-state index >= 15 is 0 Å². The van der Waals surface area contributed by atoms with E-state index in [4.69, 9.17) is 17.7 Å². The molecule has 6 aromatic rings. The fraction of sp³-hybridized carbons (Fsp3) is 0.264. The highest BCUT2D eigenvalue weighted by molar-refractivity contribution is 9.10. The number of aromatic carboxylic acids is 1. The van der Waals surface area contributed by atoms with Gasteiger partial charge in [-0.05, 0) is 121 Å². The fourth-order valence-corrected chi connectivity index (χ4v) is 6.23. The van der Waals surface area contributed by atoms with Crippen molar-refractivity contribution in [2.45, 2.75) is 85.5 Å². The van der Waals surface area contributed by atoms with Crippen LogP contribution in [0, 0.1) is 0 Å². The van der Waals surface area contributed by atoms with Crippen LogP contribution in [0.25, 0.3) is 22.3 Å². The van der Waals surface area contributed by atoms with Crippen molar-refractivity contribution in [1.82, 2.24) is 0 Å². The molecule has 7 nitrogen and oxygen atoms in total. The average molecular weight is 902 g/mol. The van der Waals surface area contributed by atoms with Gasteiger partial charge < -0.3 is 20.8 Å². The van der Waals surface area contributed by atoms with Gasteiger partial charge in [0, 0.05) is 10.0 Å². The molecule has 0 aromatic heterocycles. The highest BCUT2D eigenvalue weighted by Gasteiger charge is 2.06. The molecule has 0 aliphatic carbocycles. The predicted molar refractivity (Wildman–Crippen MR) is 261 cm³/mol. The molecule has 0 bridgehead atoms. The average Bonchev–Trinajstić information content (AvgIpc) is 3.28. The molecule has 5 N–H and O–H groups in total. The maximum atomic E-state index is 11.4. The van der Waals surface area contributed by atoms with Crippen LogP contribution in [0.15, 0.2) is 150 Å². The molecule has 0 unspecified atom stereocenters. The predicted octanol–water partition coefficient (Wildman–Crippen LogP) is 11.7. The number of carboxylic acid groups (broad SMARTS) is 1. The lowest BCUT2D eigenvalue weighted by atomic mass is 9.95. The first-order chi connectivity index (χ1) is 29.0. The number of hydrogen-bond acceptors (Lipinski definition) is 4. The Morgan fingerprint density at radius 1 is 0.500 bits per heavy atom. The Morgan fingerprint density at radius 2 is 0.806 bits per heavy atom. The third-order valence-electron chi connectivity index (χ3n) is 9.70. The molecule has 0 heterocycles. The van der Waals surface area contributed by atoms with Crippen molar-refractivity contribution >= 4 is 47.0 Å². The number of carbonyl (C=O) groups excluding carboxylic acids is 2. The van der Waals surface area contributed by atoms with Crippen molar-refractivity contribution in [2.75, 3.05) is 7.11 Å². The smallest absolute Gasteiger partial charge is 0.337 e. The van der Waals surface area contributed by atoms with Crippen LogP contribution < -0.4 is 5.46 Å². The lowest BCUT2D eigenvalue weighted by Crippen LogP contribution is -2.02. The summed E-state index contributed by atoms with van der Waals surface area (Å²) in [5.41, 5.74) is 10.9. The Bertz CT molecular complexity index is 2150. The molecular formula is C53H62BBrO7. The Labute approximate surface area is 378 Å². The van der Waals surface area contributed by atoms with Crippen molar-refractivity contribution in [3.05, 3.63) is 183 Å². The number of ether oxygens (including phenoxy) is 1. The molecule has 0 spiro atoms. The third kappa shape index (κ3) is 19.8.